The molecule has 0 radical (unpaired) electrons. The molecule has 2 atom stereocenters. The van der Waals surface area contributed by atoms with Crippen molar-refractivity contribution in [2.75, 3.05) is 13.2 Å². The third-order valence-corrected chi connectivity index (χ3v) is 2.82. The van der Waals surface area contributed by atoms with Crippen molar-refractivity contribution < 1.29 is 9.84 Å². The first-order valence-electron chi connectivity index (χ1n) is 5.39. The first kappa shape index (κ1) is 10.5. The summed E-state index contributed by atoms with van der Waals surface area (Å²) in [7, 11) is 0. The van der Waals surface area contributed by atoms with Gasteiger partial charge in [0.05, 0.1) is 6.61 Å². The molecule has 1 aromatic carbocycles. The third-order valence-electron chi connectivity index (χ3n) is 2.82. The van der Waals surface area contributed by atoms with Crippen LogP contribution in [0.4, 0.5) is 0 Å². The summed E-state index contributed by atoms with van der Waals surface area (Å²) in [5, 5.41) is 13.1. The van der Waals surface area contributed by atoms with E-state index in [-0.39, 0.29) is 6.04 Å². The van der Waals surface area contributed by atoms with Crippen LogP contribution in [0.1, 0.15) is 24.9 Å². The van der Waals surface area contributed by atoms with Gasteiger partial charge in [0.2, 0.25) is 0 Å². The highest BCUT2D eigenvalue weighted by Gasteiger charge is 2.19. The van der Waals surface area contributed by atoms with Gasteiger partial charge in [-0.15, -0.1) is 0 Å². The summed E-state index contributed by atoms with van der Waals surface area (Å²) < 4.78 is 5.30. The molecular formula is C12H17NO2. The normalized spacial score (nSPS) is 22.9. The maximum Gasteiger partial charge on any atom is 0.120 e. The zero-order chi connectivity index (χ0) is 10.7. The number of rotatable bonds is 3. The Labute approximate surface area is 90.1 Å². The molecule has 1 aliphatic rings. The van der Waals surface area contributed by atoms with Gasteiger partial charge in [0.15, 0.2) is 0 Å². The molecule has 0 bridgehead atoms. The maximum atomic E-state index is 9.68. The summed E-state index contributed by atoms with van der Waals surface area (Å²) in [4.78, 5) is 0. The molecule has 0 spiro atoms. The minimum absolute atomic E-state index is 0.165. The minimum Gasteiger partial charge on any atom is -0.508 e. The van der Waals surface area contributed by atoms with E-state index in [1.165, 1.54) is 0 Å². The quantitative estimate of drug-likeness (QED) is 0.794. The molecule has 2 N–H and O–H groups in total. The number of hydrogen-bond acceptors (Lipinski definition) is 3. The number of ether oxygens (including phenoxy) is 1. The van der Waals surface area contributed by atoms with Gasteiger partial charge in [-0.05, 0) is 19.4 Å². The maximum absolute atomic E-state index is 9.68. The van der Waals surface area contributed by atoms with Gasteiger partial charge < -0.3 is 15.2 Å². The van der Waals surface area contributed by atoms with Crippen LogP contribution in [0, 0.1) is 0 Å². The molecule has 0 saturated carbocycles. The summed E-state index contributed by atoms with van der Waals surface area (Å²) in [6.45, 7) is 3.68. The number of benzene rings is 1. The van der Waals surface area contributed by atoms with Gasteiger partial charge >= 0.3 is 0 Å². The summed E-state index contributed by atoms with van der Waals surface area (Å²) >= 11 is 0. The standard InChI is InChI=1S/C12H17NO2/c1-9(13-10-6-7-15-8-10)11-4-2-3-5-12(11)14/h2-5,9-10,13-14H,6-8H2,1H3. The Hall–Kier alpha value is -1.06. The number of phenols is 1. The minimum atomic E-state index is 0.165. The Kier molecular flexibility index (Phi) is 3.23. The van der Waals surface area contributed by atoms with Crippen molar-refractivity contribution >= 4 is 0 Å². The molecule has 1 aromatic rings. The van der Waals surface area contributed by atoms with Gasteiger partial charge in [-0.25, -0.2) is 0 Å². The van der Waals surface area contributed by atoms with Crippen LogP contribution < -0.4 is 5.32 Å². The van der Waals surface area contributed by atoms with Gasteiger partial charge in [0, 0.05) is 24.3 Å². The van der Waals surface area contributed by atoms with Crippen LogP contribution in [0.5, 0.6) is 5.75 Å². The first-order chi connectivity index (χ1) is 7.27. The second kappa shape index (κ2) is 4.64. The molecule has 15 heavy (non-hydrogen) atoms. The lowest BCUT2D eigenvalue weighted by molar-refractivity contribution is 0.188. The summed E-state index contributed by atoms with van der Waals surface area (Å²) in [5.74, 6) is 0.358. The second-order valence-electron chi connectivity index (χ2n) is 4.01. The molecule has 1 saturated heterocycles. The zero-order valence-electron chi connectivity index (χ0n) is 8.94. The molecule has 0 aliphatic carbocycles. The average Bonchev–Trinajstić information content (AvgIpc) is 2.71. The van der Waals surface area contributed by atoms with Gasteiger partial charge in [0.25, 0.3) is 0 Å². The van der Waals surface area contributed by atoms with Crippen molar-refractivity contribution in [3.8, 4) is 5.75 Å². The van der Waals surface area contributed by atoms with Crippen LogP contribution in [-0.2, 0) is 4.74 Å². The van der Waals surface area contributed by atoms with Crippen molar-refractivity contribution in [3.63, 3.8) is 0 Å². The largest absolute Gasteiger partial charge is 0.508 e. The lowest BCUT2D eigenvalue weighted by Crippen LogP contribution is -2.31. The zero-order valence-corrected chi connectivity index (χ0v) is 8.94. The summed E-state index contributed by atoms with van der Waals surface area (Å²) in [6.07, 6.45) is 1.05. The van der Waals surface area contributed by atoms with E-state index < -0.39 is 0 Å². The molecule has 1 fully saturated rings. The number of para-hydroxylation sites is 1. The van der Waals surface area contributed by atoms with Gasteiger partial charge in [-0.1, -0.05) is 18.2 Å². The topological polar surface area (TPSA) is 41.5 Å². The van der Waals surface area contributed by atoms with Crippen LogP contribution in [0.15, 0.2) is 24.3 Å². The van der Waals surface area contributed by atoms with Crippen LogP contribution in [0.3, 0.4) is 0 Å². The molecule has 3 nitrogen and oxygen atoms in total. The molecule has 82 valence electrons. The molecule has 0 amide bonds. The number of aromatic hydroxyl groups is 1. The number of nitrogens with one attached hydrogen (secondary N) is 1. The highest BCUT2D eigenvalue weighted by Crippen LogP contribution is 2.24. The fourth-order valence-electron chi connectivity index (χ4n) is 1.96. The van der Waals surface area contributed by atoms with Crippen molar-refractivity contribution in [2.45, 2.75) is 25.4 Å². The molecule has 0 aromatic heterocycles. The van der Waals surface area contributed by atoms with E-state index in [2.05, 4.69) is 12.2 Å². The fourth-order valence-corrected chi connectivity index (χ4v) is 1.96. The Morgan fingerprint density at radius 2 is 2.27 bits per heavy atom. The lowest BCUT2D eigenvalue weighted by Gasteiger charge is -2.19. The van der Waals surface area contributed by atoms with Crippen LogP contribution in [0.25, 0.3) is 0 Å². The smallest absolute Gasteiger partial charge is 0.120 e. The van der Waals surface area contributed by atoms with Crippen LogP contribution in [0.2, 0.25) is 0 Å². The van der Waals surface area contributed by atoms with E-state index in [0.717, 1.165) is 25.2 Å². The second-order valence-corrected chi connectivity index (χ2v) is 4.01. The van der Waals surface area contributed by atoms with Crippen molar-refractivity contribution in [3.05, 3.63) is 29.8 Å². The average molecular weight is 207 g/mol. The van der Waals surface area contributed by atoms with E-state index in [1.807, 2.05) is 18.2 Å². The molecule has 2 rings (SSSR count). The molecule has 2 unspecified atom stereocenters. The SMILES string of the molecule is CC(NC1CCOC1)c1ccccc1O. The van der Waals surface area contributed by atoms with E-state index >= 15 is 0 Å². The number of phenolic OH excluding ortho intramolecular Hbond substituents is 1. The monoisotopic (exact) mass is 207 g/mol. The Morgan fingerprint density at radius 3 is 2.93 bits per heavy atom. The van der Waals surface area contributed by atoms with Gasteiger partial charge in [-0.3, -0.25) is 0 Å². The highest BCUT2D eigenvalue weighted by atomic mass is 16.5. The molecule has 1 aliphatic heterocycles. The van der Waals surface area contributed by atoms with Gasteiger partial charge in [0.1, 0.15) is 5.75 Å². The van der Waals surface area contributed by atoms with E-state index in [0.29, 0.717) is 11.8 Å². The predicted octanol–water partition coefficient (Wildman–Crippen LogP) is 1.83. The Morgan fingerprint density at radius 1 is 1.47 bits per heavy atom. The molecule has 1 heterocycles. The summed E-state index contributed by atoms with van der Waals surface area (Å²) in [6, 6.07) is 8.03. The van der Waals surface area contributed by atoms with Crippen LogP contribution >= 0.6 is 0 Å². The van der Waals surface area contributed by atoms with E-state index in [9.17, 15) is 5.11 Å². The van der Waals surface area contributed by atoms with Crippen LogP contribution in [-0.4, -0.2) is 24.4 Å². The molecular weight excluding hydrogens is 190 g/mol. The third kappa shape index (κ3) is 2.49. The number of hydrogen-bond donors (Lipinski definition) is 2. The lowest BCUT2D eigenvalue weighted by atomic mass is 10.1. The predicted molar refractivity (Wildman–Crippen MR) is 58.9 cm³/mol. The van der Waals surface area contributed by atoms with E-state index in [1.54, 1.807) is 6.07 Å². The fraction of sp³-hybridized carbons (Fsp3) is 0.500. The summed E-state index contributed by atoms with van der Waals surface area (Å²) in [5.41, 5.74) is 0.949. The highest BCUT2D eigenvalue weighted by molar-refractivity contribution is 5.34. The molecule has 3 heteroatoms. The van der Waals surface area contributed by atoms with Crippen molar-refractivity contribution in [1.82, 2.24) is 5.32 Å². The van der Waals surface area contributed by atoms with Crippen molar-refractivity contribution in [1.29, 1.82) is 0 Å². The van der Waals surface area contributed by atoms with E-state index in [4.69, 9.17) is 4.74 Å². The first-order valence-corrected chi connectivity index (χ1v) is 5.39. The van der Waals surface area contributed by atoms with Gasteiger partial charge in [-0.2, -0.15) is 0 Å². The Balaban J connectivity index is 2.00. The van der Waals surface area contributed by atoms with Crippen molar-refractivity contribution in [2.24, 2.45) is 0 Å². The Bertz CT molecular complexity index is 321.